The molecule has 3 N–H and O–H groups in total. The van der Waals surface area contributed by atoms with E-state index in [1.807, 2.05) is 0 Å². The van der Waals surface area contributed by atoms with E-state index < -0.39 is 17.5 Å². The number of nitrogens with one attached hydrogen (secondary N) is 3. The van der Waals surface area contributed by atoms with Gasteiger partial charge in [-0.2, -0.15) is 0 Å². The molecule has 0 unspecified atom stereocenters. The van der Waals surface area contributed by atoms with Crippen LogP contribution >= 0.6 is 12.2 Å². The maximum Gasteiger partial charge on any atom is 0.323 e. The molecule has 186 valence electrons. The van der Waals surface area contributed by atoms with Crippen molar-refractivity contribution in [1.82, 2.24) is 20.2 Å². The van der Waals surface area contributed by atoms with Crippen molar-refractivity contribution in [3.05, 3.63) is 72.1 Å². The molecule has 3 aromatic rings. The average Bonchev–Trinajstić information content (AvgIpc) is 3.38. The summed E-state index contributed by atoms with van der Waals surface area (Å²) < 4.78 is 33.2. The summed E-state index contributed by atoms with van der Waals surface area (Å²) in [4.78, 5) is 34.0. The lowest BCUT2D eigenvalue weighted by atomic mass is 10.1. The fourth-order valence-corrected chi connectivity index (χ4v) is 3.69. The maximum atomic E-state index is 14.6. The molecule has 0 aliphatic carbocycles. The van der Waals surface area contributed by atoms with E-state index in [4.69, 9.17) is 17.0 Å². The van der Waals surface area contributed by atoms with Gasteiger partial charge in [-0.05, 0) is 54.9 Å². The molecule has 1 aromatic heterocycles. The van der Waals surface area contributed by atoms with Gasteiger partial charge in [-0.25, -0.2) is 23.5 Å². The standard InChI is InChI=1S/C24H22F2N6O3S/c25-16-5-3-15(4-6-16)11-21(33)31-23(36)29-19-8-7-17(12-18(19)26)35-22-13-20(27-14-28-22)30-24(34)32-9-1-2-10-32/h3-8,12-14H,1-2,9-11H2,(H,27,28,30,34)(H2,29,31,33,36). The highest BCUT2D eigenvalue weighted by Gasteiger charge is 2.18. The van der Waals surface area contributed by atoms with Crippen LogP contribution in [0.3, 0.4) is 0 Å². The number of anilines is 2. The number of rotatable bonds is 6. The minimum Gasteiger partial charge on any atom is -0.439 e. The fourth-order valence-electron chi connectivity index (χ4n) is 3.47. The van der Waals surface area contributed by atoms with E-state index in [2.05, 4.69) is 25.9 Å². The molecule has 9 nitrogen and oxygen atoms in total. The monoisotopic (exact) mass is 512 g/mol. The Kier molecular flexibility index (Phi) is 7.95. The van der Waals surface area contributed by atoms with Crippen molar-refractivity contribution in [3.8, 4) is 11.6 Å². The molecule has 0 saturated carbocycles. The first-order valence-electron chi connectivity index (χ1n) is 11.1. The summed E-state index contributed by atoms with van der Waals surface area (Å²) in [6.45, 7) is 1.39. The van der Waals surface area contributed by atoms with Crippen LogP contribution in [0, 0.1) is 11.6 Å². The normalized spacial score (nSPS) is 12.7. The van der Waals surface area contributed by atoms with Crippen LogP contribution in [0.25, 0.3) is 0 Å². The number of thiocarbonyl (C=S) groups is 1. The molecule has 0 bridgehead atoms. The second-order valence-electron chi connectivity index (χ2n) is 7.92. The van der Waals surface area contributed by atoms with Crippen molar-refractivity contribution in [2.75, 3.05) is 23.7 Å². The Bertz CT molecular complexity index is 1270. The predicted octanol–water partition coefficient (Wildman–Crippen LogP) is 4.23. The highest BCUT2D eigenvalue weighted by molar-refractivity contribution is 7.80. The molecular formula is C24H22F2N6O3S. The van der Waals surface area contributed by atoms with Gasteiger partial charge < -0.3 is 20.3 Å². The number of urea groups is 1. The lowest BCUT2D eigenvalue weighted by Crippen LogP contribution is -2.35. The van der Waals surface area contributed by atoms with Gasteiger partial charge in [-0.3, -0.25) is 10.1 Å². The number of amides is 3. The molecule has 3 amide bonds. The van der Waals surface area contributed by atoms with E-state index >= 15 is 0 Å². The SMILES string of the molecule is O=C(Cc1ccc(F)cc1)NC(=S)Nc1ccc(Oc2cc(NC(=O)N3CCCC3)ncn2)cc1F. The third-order valence-electron chi connectivity index (χ3n) is 5.21. The van der Waals surface area contributed by atoms with Crippen molar-refractivity contribution >= 4 is 40.8 Å². The molecule has 2 aromatic carbocycles. The van der Waals surface area contributed by atoms with Crippen molar-refractivity contribution in [2.24, 2.45) is 0 Å². The molecule has 0 spiro atoms. The Hall–Kier alpha value is -4.19. The maximum absolute atomic E-state index is 14.6. The van der Waals surface area contributed by atoms with Gasteiger partial charge >= 0.3 is 6.03 Å². The molecular weight excluding hydrogens is 490 g/mol. The molecule has 1 aliphatic rings. The molecule has 0 radical (unpaired) electrons. The first-order chi connectivity index (χ1) is 17.4. The molecule has 1 fully saturated rings. The van der Waals surface area contributed by atoms with Gasteiger partial charge in [0.15, 0.2) is 5.11 Å². The van der Waals surface area contributed by atoms with Crippen LogP contribution < -0.4 is 20.7 Å². The minimum absolute atomic E-state index is 0.0171. The van der Waals surface area contributed by atoms with Crippen molar-refractivity contribution in [2.45, 2.75) is 19.3 Å². The zero-order chi connectivity index (χ0) is 25.5. The highest BCUT2D eigenvalue weighted by atomic mass is 32.1. The van der Waals surface area contributed by atoms with Gasteiger partial charge in [0.2, 0.25) is 11.8 Å². The number of nitrogens with zero attached hydrogens (tertiary/aromatic N) is 3. The quantitative estimate of drug-likeness (QED) is 0.424. The van der Waals surface area contributed by atoms with Gasteiger partial charge in [0.1, 0.15) is 29.5 Å². The summed E-state index contributed by atoms with van der Waals surface area (Å²) in [5, 5.41) is 7.66. The number of hydrogen-bond donors (Lipinski definition) is 3. The van der Waals surface area contributed by atoms with E-state index in [9.17, 15) is 18.4 Å². The summed E-state index contributed by atoms with van der Waals surface area (Å²) in [6.07, 6.45) is 3.15. The first kappa shape index (κ1) is 24.9. The van der Waals surface area contributed by atoms with E-state index in [-0.39, 0.29) is 40.7 Å². The van der Waals surface area contributed by atoms with E-state index in [0.717, 1.165) is 18.9 Å². The zero-order valence-electron chi connectivity index (χ0n) is 19.0. The number of ether oxygens (including phenoxy) is 1. The third kappa shape index (κ3) is 6.92. The fraction of sp³-hybridized carbons (Fsp3) is 0.208. The van der Waals surface area contributed by atoms with Gasteiger partial charge in [0.25, 0.3) is 0 Å². The van der Waals surface area contributed by atoms with Crippen LogP contribution in [0.2, 0.25) is 0 Å². The number of carbonyl (C=O) groups is 2. The minimum atomic E-state index is -0.681. The van der Waals surface area contributed by atoms with E-state index in [0.29, 0.717) is 18.7 Å². The second kappa shape index (κ2) is 11.5. The number of likely N-dealkylation sites (tertiary alicyclic amines) is 1. The van der Waals surface area contributed by atoms with Crippen LogP contribution in [-0.2, 0) is 11.2 Å². The van der Waals surface area contributed by atoms with Crippen molar-refractivity contribution in [3.63, 3.8) is 0 Å². The molecule has 1 aliphatic heterocycles. The number of hydrogen-bond acceptors (Lipinski definition) is 6. The van der Waals surface area contributed by atoms with Crippen LogP contribution in [0.15, 0.2) is 54.9 Å². The summed E-state index contributed by atoms with van der Waals surface area (Å²) in [6, 6.07) is 10.7. The van der Waals surface area contributed by atoms with E-state index in [1.54, 1.807) is 4.90 Å². The van der Waals surface area contributed by atoms with Gasteiger partial charge in [0.05, 0.1) is 12.1 Å². The molecule has 4 rings (SSSR count). The second-order valence-corrected chi connectivity index (χ2v) is 8.32. The topological polar surface area (TPSA) is 108 Å². The third-order valence-corrected chi connectivity index (χ3v) is 5.42. The molecule has 36 heavy (non-hydrogen) atoms. The van der Waals surface area contributed by atoms with Gasteiger partial charge in [-0.15, -0.1) is 0 Å². The largest absolute Gasteiger partial charge is 0.439 e. The number of carbonyl (C=O) groups excluding carboxylic acids is 2. The Morgan fingerprint density at radius 2 is 1.75 bits per heavy atom. The summed E-state index contributed by atoms with van der Waals surface area (Å²) in [5.41, 5.74) is 0.628. The van der Waals surface area contributed by atoms with Gasteiger partial charge in [0, 0.05) is 25.2 Å². The predicted molar refractivity (Wildman–Crippen MR) is 133 cm³/mol. The smallest absolute Gasteiger partial charge is 0.323 e. The number of benzene rings is 2. The highest BCUT2D eigenvalue weighted by Crippen LogP contribution is 2.25. The van der Waals surface area contributed by atoms with Gasteiger partial charge in [-0.1, -0.05) is 12.1 Å². The summed E-state index contributed by atoms with van der Waals surface area (Å²) in [5.74, 6) is -0.985. The first-order valence-corrected chi connectivity index (χ1v) is 11.5. The summed E-state index contributed by atoms with van der Waals surface area (Å²) >= 11 is 5.08. The average molecular weight is 513 g/mol. The van der Waals surface area contributed by atoms with Crippen LogP contribution in [0.4, 0.5) is 25.1 Å². The van der Waals surface area contributed by atoms with Crippen molar-refractivity contribution < 1.29 is 23.1 Å². The Morgan fingerprint density at radius 3 is 2.47 bits per heavy atom. The number of aromatic nitrogens is 2. The van der Waals surface area contributed by atoms with E-state index in [1.165, 1.54) is 48.8 Å². The molecule has 1 saturated heterocycles. The zero-order valence-corrected chi connectivity index (χ0v) is 19.8. The Morgan fingerprint density at radius 1 is 1.00 bits per heavy atom. The summed E-state index contributed by atoms with van der Waals surface area (Å²) in [7, 11) is 0. The Labute approximate surface area is 210 Å². The van der Waals surface area contributed by atoms with Crippen LogP contribution in [-0.4, -0.2) is 45.0 Å². The lowest BCUT2D eigenvalue weighted by Gasteiger charge is -2.15. The van der Waals surface area contributed by atoms with Crippen LogP contribution in [0.1, 0.15) is 18.4 Å². The Balaban J connectivity index is 1.31. The van der Waals surface area contributed by atoms with Crippen molar-refractivity contribution in [1.29, 1.82) is 0 Å². The lowest BCUT2D eigenvalue weighted by molar-refractivity contribution is -0.119. The van der Waals surface area contributed by atoms with Crippen LogP contribution in [0.5, 0.6) is 11.6 Å². The number of halogens is 2. The molecule has 0 atom stereocenters. The molecule has 2 heterocycles. The molecule has 12 heteroatoms.